The van der Waals surface area contributed by atoms with Gasteiger partial charge in [-0.05, 0) is 92.9 Å². The summed E-state index contributed by atoms with van der Waals surface area (Å²) in [4.78, 5) is 37.2. The molecule has 2 saturated heterocycles. The fourth-order valence-corrected chi connectivity index (χ4v) is 9.65. The third-order valence-electron chi connectivity index (χ3n) is 12.3. The number of carbonyl (C=O) groups excluding carboxylic acids is 2. The molecule has 0 bridgehead atoms. The second kappa shape index (κ2) is 19.2. The van der Waals surface area contributed by atoms with Crippen LogP contribution in [0, 0.1) is 12.8 Å². The van der Waals surface area contributed by atoms with Gasteiger partial charge in [0.15, 0.2) is 17.1 Å². The Morgan fingerprint density at radius 3 is 2.54 bits per heavy atom. The molecule has 2 aromatic carbocycles. The molecular weight excluding hydrogens is 821 g/mol. The van der Waals surface area contributed by atoms with Crippen molar-refractivity contribution >= 4 is 40.0 Å². The number of piperidine rings is 1. The number of likely N-dealkylation sites (tertiary alicyclic amines) is 2. The molecule has 17 heteroatoms. The van der Waals surface area contributed by atoms with Gasteiger partial charge in [-0.25, -0.2) is 4.98 Å². The molecule has 8 rings (SSSR count). The van der Waals surface area contributed by atoms with Crippen LogP contribution in [0.1, 0.15) is 94.3 Å². The van der Waals surface area contributed by atoms with Gasteiger partial charge >= 0.3 is 0 Å². The summed E-state index contributed by atoms with van der Waals surface area (Å²) >= 11 is 1.59. The molecule has 0 aliphatic carbocycles. The summed E-state index contributed by atoms with van der Waals surface area (Å²) in [7, 11) is 0. The summed E-state index contributed by atoms with van der Waals surface area (Å²) in [6.07, 6.45) is 4.02. The number of nitrogen functional groups attached to an aromatic ring is 1. The van der Waals surface area contributed by atoms with E-state index >= 15 is 0 Å². The Balaban J connectivity index is 0.784. The quantitative estimate of drug-likeness (QED) is 0.0750. The summed E-state index contributed by atoms with van der Waals surface area (Å²) in [5, 5.41) is 41.5. The standard InChI is InChI=1S/C46H56N10O6S/c1-27(2)41(46(60)55-25-33(57)22-37(55)45(59)49-28(3)30-12-14-31(15-13-30)43-29(4)48-26-63-43)39-24-40(53-62-39)61-21-9-5-8-18-54-19-16-32(17-20-54)56-36-23-35(34-10-6-7-11-38(34)58)50-51-42(36)44(47)52-56/h6-7,10-15,23-24,26-28,32-33,37,41,57-58H,5,8-9,16-22,25H2,1-4H3,(H2,47,52)(H,49,59)/t28-,33+,37-,41?/m0/s1. The maximum Gasteiger partial charge on any atom is 0.254 e. The van der Waals surface area contributed by atoms with E-state index in [-0.39, 0.29) is 48.5 Å². The maximum atomic E-state index is 14.1. The zero-order valence-corrected chi connectivity index (χ0v) is 37.0. The molecule has 4 aromatic heterocycles. The number of anilines is 1. The van der Waals surface area contributed by atoms with Gasteiger partial charge in [0, 0.05) is 37.7 Å². The number of phenolic OH excluding ortho intramolecular Hbond substituents is 1. The summed E-state index contributed by atoms with van der Waals surface area (Å²) in [5.74, 6) is -0.297. The van der Waals surface area contributed by atoms with E-state index in [9.17, 15) is 19.8 Å². The van der Waals surface area contributed by atoms with E-state index in [1.807, 2.05) is 80.4 Å². The monoisotopic (exact) mass is 876 g/mol. The number of rotatable bonds is 16. The van der Waals surface area contributed by atoms with Crippen molar-refractivity contribution < 1.29 is 29.1 Å². The number of hydrogen-bond acceptors (Lipinski definition) is 14. The van der Waals surface area contributed by atoms with Crippen LogP contribution < -0.4 is 15.8 Å². The summed E-state index contributed by atoms with van der Waals surface area (Å²) in [6.45, 7) is 11.1. The normalized spacial score (nSPS) is 18.3. The molecule has 0 radical (unpaired) electrons. The summed E-state index contributed by atoms with van der Waals surface area (Å²) in [5.41, 5.74) is 13.6. The van der Waals surface area contributed by atoms with E-state index < -0.39 is 18.1 Å². The third kappa shape index (κ3) is 9.70. The topological polar surface area (TPSA) is 211 Å². The average Bonchev–Trinajstić information content (AvgIpc) is 4.09. The number of unbranched alkanes of at least 4 members (excludes halogenated alkanes) is 2. The largest absolute Gasteiger partial charge is 0.507 e. The SMILES string of the molecule is Cc1ncsc1-c1ccc([C@H](C)NC(=O)[C@@H]2C[C@@H](O)CN2C(=O)C(c2cc(OCCCCCN3CCC(n4nc(N)c5nnc(-c6ccccc6O)cc54)CC3)no2)C(C)C)cc1. The van der Waals surface area contributed by atoms with Crippen LogP contribution in [0.4, 0.5) is 5.82 Å². The molecule has 0 spiro atoms. The number of amides is 2. The van der Waals surface area contributed by atoms with Crippen LogP contribution in [0.15, 0.2) is 70.7 Å². The molecular formula is C46H56N10O6S. The van der Waals surface area contributed by atoms with Crippen LogP contribution in [-0.4, -0.2) is 107 Å². The van der Waals surface area contributed by atoms with Crippen molar-refractivity contribution in [3.8, 4) is 33.3 Å². The number of nitrogens with two attached hydrogens (primary N) is 1. The number of fused-ring (bicyclic) bond motifs is 1. The number of nitrogens with one attached hydrogen (secondary N) is 1. The lowest BCUT2D eigenvalue weighted by Gasteiger charge is -2.32. The number of aliphatic hydroxyl groups excluding tert-OH is 1. The van der Waals surface area contributed by atoms with Gasteiger partial charge in [-0.3, -0.25) is 14.3 Å². The van der Waals surface area contributed by atoms with Crippen molar-refractivity contribution in [3.63, 3.8) is 0 Å². The molecule has 2 amide bonds. The number of aromatic hydroxyl groups is 1. The van der Waals surface area contributed by atoms with Crippen LogP contribution >= 0.6 is 11.3 Å². The van der Waals surface area contributed by atoms with Crippen LogP contribution in [0.5, 0.6) is 11.6 Å². The van der Waals surface area contributed by atoms with E-state index in [1.54, 1.807) is 29.5 Å². The second-order valence-corrected chi connectivity index (χ2v) is 18.0. The fourth-order valence-electron chi connectivity index (χ4n) is 8.84. The van der Waals surface area contributed by atoms with Crippen molar-refractivity contribution in [1.82, 2.24) is 45.2 Å². The number of aryl methyl sites for hydroxylation is 1. The lowest BCUT2D eigenvalue weighted by molar-refractivity contribution is -0.141. The highest BCUT2D eigenvalue weighted by molar-refractivity contribution is 7.13. The van der Waals surface area contributed by atoms with Gasteiger partial charge in [-0.1, -0.05) is 50.2 Å². The summed E-state index contributed by atoms with van der Waals surface area (Å²) in [6, 6.07) is 17.7. The number of β-amino-alcohol motifs (C(OH)–C–C–N with tert-alkyl or cyclic N) is 1. The zero-order valence-electron chi connectivity index (χ0n) is 36.2. The molecule has 1 unspecified atom stereocenters. The van der Waals surface area contributed by atoms with Crippen molar-refractivity contribution in [2.75, 3.05) is 38.5 Å². The Bertz CT molecular complexity index is 2510. The predicted molar refractivity (Wildman–Crippen MR) is 240 cm³/mol. The Hall–Kier alpha value is -5.91. The second-order valence-electron chi connectivity index (χ2n) is 17.1. The van der Waals surface area contributed by atoms with E-state index in [0.29, 0.717) is 40.8 Å². The minimum atomic E-state index is -0.822. The first kappa shape index (κ1) is 43.7. The van der Waals surface area contributed by atoms with Gasteiger partial charge in [-0.15, -0.1) is 21.5 Å². The number of thiazole rings is 1. The van der Waals surface area contributed by atoms with Crippen LogP contribution in [-0.2, 0) is 9.59 Å². The van der Waals surface area contributed by atoms with Gasteiger partial charge in [0.25, 0.3) is 5.88 Å². The van der Waals surface area contributed by atoms with E-state index in [1.165, 1.54) is 4.90 Å². The first-order chi connectivity index (χ1) is 30.4. The van der Waals surface area contributed by atoms with Crippen molar-refractivity contribution in [1.29, 1.82) is 0 Å². The van der Waals surface area contributed by atoms with Gasteiger partial charge < -0.3 is 40.3 Å². The van der Waals surface area contributed by atoms with Crippen molar-refractivity contribution in [2.45, 2.75) is 96.4 Å². The lowest BCUT2D eigenvalue weighted by Crippen LogP contribution is -2.48. The van der Waals surface area contributed by atoms with Gasteiger partial charge in [0.1, 0.15) is 17.7 Å². The Morgan fingerprint density at radius 2 is 1.81 bits per heavy atom. The van der Waals surface area contributed by atoms with Crippen molar-refractivity contribution in [2.24, 2.45) is 5.92 Å². The zero-order chi connectivity index (χ0) is 44.2. The molecule has 2 aliphatic heterocycles. The van der Waals surface area contributed by atoms with E-state index in [2.05, 4.69) is 35.7 Å². The first-order valence-corrected chi connectivity index (χ1v) is 22.7. The van der Waals surface area contributed by atoms with Gasteiger partial charge in [0.2, 0.25) is 11.8 Å². The van der Waals surface area contributed by atoms with Crippen LogP contribution in [0.2, 0.25) is 0 Å². The van der Waals surface area contributed by atoms with Gasteiger partial charge in [0.05, 0.1) is 52.1 Å². The molecule has 2 fully saturated rings. The molecule has 6 aromatic rings. The average molecular weight is 877 g/mol. The number of hydrogen-bond donors (Lipinski definition) is 4. The Labute approximate surface area is 370 Å². The number of nitrogens with zero attached hydrogens (tertiary/aromatic N) is 8. The highest BCUT2D eigenvalue weighted by Gasteiger charge is 2.43. The molecule has 2 aliphatic rings. The Kier molecular flexibility index (Phi) is 13.3. The number of ether oxygens (including phenoxy) is 1. The number of para-hydroxylation sites is 1. The lowest BCUT2D eigenvalue weighted by atomic mass is 9.91. The van der Waals surface area contributed by atoms with Gasteiger partial charge in [-0.2, -0.15) is 5.10 Å². The Morgan fingerprint density at radius 1 is 1.03 bits per heavy atom. The minimum Gasteiger partial charge on any atom is -0.507 e. The number of carbonyl (C=O) groups is 2. The summed E-state index contributed by atoms with van der Waals surface area (Å²) < 4.78 is 13.6. The highest BCUT2D eigenvalue weighted by atomic mass is 32.1. The van der Waals surface area contributed by atoms with E-state index in [4.69, 9.17) is 15.0 Å². The van der Waals surface area contributed by atoms with Crippen LogP contribution in [0.3, 0.4) is 0 Å². The number of benzene rings is 2. The smallest absolute Gasteiger partial charge is 0.254 e. The molecule has 5 N–H and O–H groups in total. The molecule has 4 atom stereocenters. The first-order valence-electron chi connectivity index (χ1n) is 21.9. The third-order valence-corrected chi connectivity index (χ3v) is 13.3. The highest BCUT2D eigenvalue weighted by Crippen LogP contribution is 2.35. The minimum absolute atomic E-state index is 0.0575. The molecule has 16 nitrogen and oxygen atoms in total. The molecule has 332 valence electrons. The van der Waals surface area contributed by atoms with Crippen molar-refractivity contribution in [3.05, 3.63) is 83.2 Å². The molecule has 6 heterocycles. The number of phenols is 1. The fraction of sp³-hybridized carbons (Fsp3) is 0.457. The van der Waals surface area contributed by atoms with Crippen LogP contribution in [0.25, 0.3) is 32.7 Å². The number of aliphatic hydroxyl groups is 1. The number of aromatic nitrogens is 6. The van der Waals surface area contributed by atoms with E-state index in [0.717, 1.165) is 79.0 Å². The predicted octanol–water partition coefficient (Wildman–Crippen LogP) is 6.67. The molecule has 63 heavy (non-hydrogen) atoms. The maximum absolute atomic E-state index is 14.1. The molecule has 0 saturated carbocycles.